The van der Waals surface area contributed by atoms with Crippen molar-refractivity contribution < 1.29 is 18.7 Å². The minimum absolute atomic E-state index is 0.349. The Hall–Kier alpha value is -2.34. The molecule has 24 heavy (non-hydrogen) atoms. The minimum atomic E-state index is -0.616. The van der Waals surface area contributed by atoms with Gasteiger partial charge in [-0.3, -0.25) is 4.79 Å². The first-order chi connectivity index (χ1) is 11.3. The van der Waals surface area contributed by atoms with E-state index in [2.05, 4.69) is 21.2 Å². The highest BCUT2D eigenvalue weighted by atomic mass is 79.9. The van der Waals surface area contributed by atoms with Gasteiger partial charge in [-0.15, -0.1) is 0 Å². The molecule has 126 valence electrons. The van der Waals surface area contributed by atoms with Crippen molar-refractivity contribution in [1.82, 2.24) is 0 Å². The smallest absolute Gasteiger partial charge is 0.331 e. The maximum absolute atomic E-state index is 11.9. The summed E-state index contributed by atoms with van der Waals surface area (Å²) >= 11 is 3.17. The number of amides is 1. The van der Waals surface area contributed by atoms with Crippen LogP contribution < -0.4 is 5.32 Å². The van der Waals surface area contributed by atoms with Crippen molar-refractivity contribution in [3.63, 3.8) is 0 Å². The molecule has 0 saturated heterocycles. The van der Waals surface area contributed by atoms with Crippen molar-refractivity contribution in [3.05, 3.63) is 57.5 Å². The fourth-order valence-electron chi connectivity index (χ4n) is 2.31. The molecule has 0 spiro atoms. The molecule has 1 aromatic heterocycles. The Morgan fingerprint density at radius 1 is 1.21 bits per heavy atom. The number of aryl methyl sites for hydroxylation is 3. The number of halogens is 1. The van der Waals surface area contributed by atoms with Gasteiger partial charge in [-0.05, 0) is 66.0 Å². The Morgan fingerprint density at radius 2 is 1.88 bits per heavy atom. The summed E-state index contributed by atoms with van der Waals surface area (Å²) in [6, 6.07) is 7.38. The summed E-state index contributed by atoms with van der Waals surface area (Å²) in [5.74, 6) is -0.489. The third-order valence-corrected chi connectivity index (χ3v) is 3.69. The number of carbonyl (C=O) groups is 2. The van der Waals surface area contributed by atoms with Crippen LogP contribution in [0, 0.1) is 20.8 Å². The predicted molar refractivity (Wildman–Crippen MR) is 95.7 cm³/mol. The molecular formula is C18H18BrNO4. The molecule has 0 atom stereocenters. The third-order valence-electron chi connectivity index (χ3n) is 3.26. The topological polar surface area (TPSA) is 68.5 Å². The zero-order valence-electron chi connectivity index (χ0n) is 13.7. The lowest BCUT2D eigenvalue weighted by atomic mass is 10.1. The van der Waals surface area contributed by atoms with Crippen LogP contribution in [0.4, 0.5) is 5.69 Å². The van der Waals surface area contributed by atoms with E-state index >= 15 is 0 Å². The van der Waals surface area contributed by atoms with E-state index in [9.17, 15) is 9.59 Å². The van der Waals surface area contributed by atoms with Crippen molar-refractivity contribution in [2.24, 2.45) is 0 Å². The van der Waals surface area contributed by atoms with Gasteiger partial charge < -0.3 is 14.5 Å². The lowest BCUT2D eigenvalue weighted by Crippen LogP contribution is -2.21. The Kier molecular flexibility index (Phi) is 5.98. The van der Waals surface area contributed by atoms with Crippen molar-refractivity contribution in [2.75, 3.05) is 11.9 Å². The molecular weight excluding hydrogens is 374 g/mol. The number of hydrogen-bond acceptors (Lipinski definition) is 4. The normalized spacial score (nSPS) is 10.8. The van der Waals surface area contributed by atoms with Crippen molar-refractivity contribution >= 4 is 39.6 Å². The summed E-state index contributed by atoms with van der Waals surface area (Å²) in [6.45, 7) is 5.49. The van der Waals surface area contributed by atoms with E-state index in [4.69, 9.17) is 9.15 Å². The first kappa shape index (κ1) is 18.0. The van der Waals surface area contributed by atoms with E-state index < -0.39 is 5.97 Å². The molecule has 0 aliphatic rings. The zero-order chi connectivity index (χ0) is 17.7. The maximum atomic E-state index is 11.9. The van der Waals surface area contributed by atoms with E-state index in [0.717, 1.165) is 22.4 Å². The summed E-state index contributed by atoms with van der Waals surface area (Å²) < 4.78 is 10.7. The minimum Gasteiger partial charge on any atom is -0.452 e. The molecule has 6 heteroatoms. The van der Waals surface area contributed by atoms with Gasteiger partial charge in [0, 0.05) is 11.8 Å². The number of ether oxygens (including phenoxy) is 1. The van der Waals surface area contributed by atoms with Crippen LogP contribution in [0.5, 0.6) is 0 Å². The fraction of sp³-hybridized carbons (Fsp3) is 0.222. The molecule has 0 bridgehead atoms. The van der Waals surface area contributed by atoms with Gasteiger partial charge in [-0.1, -0.05) is 17.7 Å². The average molecular weight is 392 g/mol. The Morgan fingerprint density at radius 3 is 2.46 bits per heavy atom. The number of nitrogens with one attached hydrogen (secondary N) is 1. The second-order valence-corrected chi connectivity index (χ2v) is 6.19. The highest BCUT2D eigenvalue weighted by Gasteiger charge is 2.10. The van der Waals surface area contributed by atoms with Gasteiger partial charge in [0.15, 0.2) is 11.3 Å². The van der Waals surface area contributed by atoms with Crippen LogP contribution in [0.25, 0.3) is 6.08 Å². The van der Waals surface area contributed by atoms with Crippen LogP contribution in [0.15, 0.2) is 39.4 Å². The first-order valence-corrected chi connectivity index (χ1v) is 8.12. The monoisotopic (exact) mass is 391 g/mol. The van der Waals surface area contributed by atoms with E-state index in [0.29, 0.717) is 10.4 Å². The molecule has 2 aromatic rings. The van der Waals surface area contributed by atoms with Gasteiger partial charge in [0.05, 0.1) is 0 Å². The maximum Gasteiger partial charge on any atom is 0.331 e. The molecule has 5 nitrogen and oxygen atoms in total. The third kappa shape index (κ3) is 5.09. The van der Waals surface area contributed by atoms with Crippen LogP contribution >= 0.6 is 15.9 Å². The molecule has 0 radical (unpaired) electrons. The lowest BCUT2D eigenvalue weighted by molar-refractivity contribution is -0.142. The molecule has 1 aromatic carbocycles. The molecule has 2 rings (SSSR count). The highest BCUT2D eigenvalue weighted by molar-refractivity contribution is 9.10. The summed E-state index contributed by atoms with van der Waals surface area (Å²) in [5.41, 5.74) is 3.81. The Labute approximate surface area is 148 Å². The number of carbonyl (C=O) groups excluding carboxylic acids is 2. The van der Waals surface area contributed by atoms with Gasteiger partial charge in [0.1, 0.15) is 5.76 Å². The van der Waals surface area contributed by atoms with Crippen molar-refractivity contribution in [1.29, 1.82) is 0 Å². The van der Waals surface area contributed by atoms with Gasteiger partial charge in [0.2, 0.25) is 0 Å². The van der Waals surface area contributed by atoms with E-state index in [1.54, 1.807) is 12.1 Å². The van der Waals surface area contributed by atoms with E-state index in [1.807, 2.05) is 32.9 Å². The number of anilines is 1. The summed E-state index contributed by atoms with van der Waals surface area (Å²) in [6.07, 6.45) is 2.68. The summed E-state index contributed by atoms with van der Waals surface area (Å²) in [5, 5.41) is 2.77. The summed E-state index contributed by atoms with van der Waals surface area (Å²) in [4.78, 5) is 23.6. The average Bonchev–Trinajstić information content (AvgIpc) is 2.92. The molecule has 0 aliphatic carbocycles. The molecule has 0 fully saturated rings. The van der Waals surface area contributed by atoms with Gasteiger partial charge in [-0.25, -0.2) is 4.79 Å². The standard InChI is InChI=1S/C18H18BrNO4/c1-11-8-12(2)18(13(3)9-11)20-16(21)10-23-17(22)7-5-14-4-6-15(19)24-14/h4-9H,10H2,1-3H3,(H,20,21)/b7-5+. The number of furan rings is 1. The van der Waals surface area contributed by atoms with Gasteiger partial charge in [-0.2, -0.15) is 0 Å². The molecule has 1 heterocycles. The quantitative estimate of drug-likeness (QED) is 0.613. The molecule has 1 amide bonds. The van der Waals surface area contributed by atoms with Crippen molar-refractivity contribution in [2.45, 2.75) is 20.8 Å². The molecule has 0 aliphatic heterocycles. The van der Waals surface area contributed by atoms with E-state index in [1.165, 1.54) is 12.2 Å². The lowest BCUT2D eigenvalue weighted by Gasteiger charge is -2.12. The van der Waals surface area contributed by atoms with Gasteiger partial charge in [0.25, 0.3) is 5.91 Å². The van der Waals surface area contributed by atoms with Crippen LogP contribution in [0.2, 0.25) is 0 Å². The molecule has 0 saturated carbocycles. The predicted octanol–water partition coefficient (Wildman–Crippen LogP) is 4.16. The second-order valence-electron chi connectivity index (χ2n) is 5.40. The summed E-state index contributed by atoms with van der Waals surface area (Å²) in [7, 11) is 0. The van der Waals surface area contributed by atoms with Crippen LogP contribution in [0.3, 0.4) is 0 Å². The largest absolute Gasteiger partial charge is 0.452 e. The van der Waals surface area contributed by atoms with Gasteiger partial charge >= 0.3 is 5.97 Å². The molecule has 0 unspecified atom stereocenters. The number of hydrogen-bond donors (Lipinski definition) is 1. The van der Waals surface area contributed by atoms with Crippen LogP contribution in [-0.4, -0.2) is 18.5 Å². The SMILES string of the molecule is Cc1cc(C)c(NC(=O)COC(=O)/C=C/c2ccc(Br)o2)c(C)c1. The van der Waals surface area contributed by atoms with Crippen molar-refractivity contribution in [3.8, 4) is 0 Å². The number of benzene rings is 1. The number of esters is 1. The number of rotatable bonds is 5. The Bertz CT molecular complexity index is 769. The van der Waals surface area contributed by atoms with Crippen LogP contribution in [0.1, 0.15) is 22.5 Å². The fourth-order valence-corrected chi connectivity index (χ4v) is 2.62. The van der Waals surface area contributed by atoms with Crippen LogP contribution in [-0.2, 0) is 14.3 Å². The molecule has 1 N–H and O–H groups in total. The first-order valence-electron chi connectivity index (χ1n) is 7.33. The zero-order valence-corrected chi connectivity index (χ0v) is 15.3. The second kappa shape index (κ2) is 7.97. The Balaban J connectivity index is 1.87. The van der Waals surface area contributed by atoms with E-state index in [-0.39, 0.29) is 12.5 Å². The highest BCUT2D eigenvalue weighted by Crippen LogP contribution is 2.21.